The summed E-state index contributed by atoms with van der Waals surface area (Å²) < 4.78 is 288. The number of rotatable bonds is 6. The number of nitrogens with zero attached hydrogens (tertiary/aromatic N) is 2. The summed E-state index contributed by atoms with van der Waals surface area (Å²) in [7, 11) is 0. The molecule has 0 fully saturated rings. The van der Waals surface area contributed by atoms with E-state index in [0.717, 1.165) is 0 Å². The van der Waals surface area contributed by atoms with Crippen molar-refractivity contribution in [2.24, 2.45) is 0 Å². The maximum atomic E-state index is 10.2. The van der Waals surface area contributed by atoms with Gasteiger partial charge in [-0.2, -0.15) is 0 Å². The van der Waals surface area contributed by atoms with Crippen molar-refractivity contribution >= 4 is 43.9 Å². The van der Waals surface area contributed by atoms with Gasteiger partial charge in [0.15, 0.2) is 0 Å². The maximum absolute atomic E-state index is 10.2. The van der Waals surface area contributed by atoms with Gasteiger partial charge < -0.3 is 0 Å². The largest absolute Gasteiger partial charge is 0.254 e. The molecule has 2 nitrogen and oxygen atoms in total. The number of fused-ring (bicyclic) bond motifs is 4. The van der Waals surface area contributed by atoms with E-state index in [1.807, 2.05) is 0 Å². The second kappa shape index (κ2) is 13.1. The maximum Gasteiger partial charge on any atom is 0.0972 e. The van der Waals surface area contributed by atoms with Crippen LogP contribution in [0.25, 0.3) is 98.1 Å². The first-order chi connectivity index (χ1) is 39.6. The molecule has 10 aromatic rings. The summed E-state index contributed by atoms with van der Waals surface area (Å²) in [6.07, 6.45) is -0.808. The molecule has 7 aromatic carbocycles. The molecular weight excluding hydrogens is 661 g/mol. The van der Waals surface area contributed by atoms with Crippen LogP contribution in [0.1, 0.15) is 43.9 Å². The Labute approximate surface area is 357 Å². The van der Waals surface area contributed by atoms with E-state index in [0.29, 0.717) is 0 Å². The Morgan fingerprint density at radius 2 is 0.925 bits per heavy atom. The lowest BCUT2D eigenvalue weighted by Gasteiger charge is -2.15. The molecule has 10 rings (SSSR count). The Balaban J connectivity index is 1.46. The molecule has 0 atom stereocenters. The summed E-state index contributed by atoms with van der Waals surface area (Å²) in [6.45, 7) is 0. The lowest BCUT2D eigenvalue weighted by Crippen LogP contribution is -1.91. The van der Waals surface area contributed by atoms with Gasteiger partial charge in [0, 0.05) is 43.4 Å². The van der Waals surface area contributed by atoms with Crippen molar-refractivity contribution in [1.82, 2.24) is 9.97 Å². The first kappa shape index (κ1) is 12.5. The van der Waals surface area contributed by atoms with Gasteiger partial charge in [-0.15, -0.1) is 11.3 Å². The van der Waals surface area contributed by atoms with Gasteiger partial charge in [0.1, 0.15) is 0 Å². The third-order valence-electron chi connectivity index (χ3n) is 7.93. The molecular formula is C50H32N2S. The monoisotopic (exact) mass is 724 g/mol. The number of thiophene rings is 1. The lowest BCUT2D eigenvalue weighted by atomic mass is 9.89. The van der Waals surface area contributed by atoms with Crippen molar-refractivity contribution in [3.63, 3.8) is 0 Å². The van der Waals surface area contributed by atoms with E-state index < -0.39 is 292 Å². The molecule has 0 amide bonds. The number of hydrogen-bond acceptors (Lipinski definition) is 3. The first-order valence-electron chi connectivity index (χ1n) is 31.3. The molecule has 0 unspecified atom stereocenters. The van der Waals surface area contributed by atoms with Crippen LogP contribution in [0.2, 0.25) is 0 Å². The van der Waals surface area contributed by atoms with E-state index in [1.165, 1.54) is 0 Å². The Morgan fingerprint density at radius 3 is 1.62 bits per heavy atom. The van der Waals surface area contributed by atoms with Gasteiger partial charge in [-0.1, -0.05) is 169 Å². The zero-order valence-electron chi connectivity index (χ0n) is 58.3. The van der Waals surface area contributed by atoms with Crippen molar-refractivity contribution in [3.8, 4) is 65.5 Å². The Bertz CT molecular complexity index is 4720. The zero-order chi connectivity index (χ0) is 63.0. The molecule has 3 heteroatoms. The summed E-state index contributed by atoms with van der Waals surface area (Å²) in [6, 6.07) is -31.2. The summed E-state index contributed by atoms with van der Waals surface area (Å²) in [5, 5.41) is -2.65. The predicted octanol–water partition coefficient (Wildman–Crippen LogP) is 14.0. The summed E-state index contributed by atoms with van der Waals surface area (Å²) in [5.41, 5.74) is -9.71. The molecule has 248 valence electrons. The van der Waals surface area contributed by atoms with Crippen LogP contribution in [-0.2, 0) is 0 Å². The molecule has 0 saturated heterocycles. The normalized spacial score (nSPS) is 19.8. The standard InChI is InChI=1S/C50H32N2S/c1-4-14-33(15-5-1)45-46(50(37-18-8-3-9-19-37)53-49(45)36-16-6-2-7-17-36)39-21-12-20-38(32-39)40-28-29-43(42-24-11-10-23-41(40)42)44-30-27-35-26-25-34-22-13-31-51-47(34)48(35)52-44/h1-32H/i1D,2D,3D,4D,5D,6D,7D,8D,9D,10D,11D,12D,13D,14D,15D,16D,17D,18D,19D,20D,21D,22D,23D,24D,25D,26D,27D,28D,29D,30D,31D,32D. The number of aromatic nitrogens is 2. The van der Waals surface area contributed by atoms with E-state index in [-0.39, 0.29) is 11.3 Å². The zero-order valence-corrected chi connectivity index (χ0v) is 27.1. The molecule has 0 bridgehead atoms. The molecule has 3 aromatic heterocycles. The van der Waals surface area contributed by atoms with E-state index >= 15 is 0 Å². The topological polar surface area (TPSA) is 25.8 Å². The second-order valence-electron chi connectivity index (χ2n) is 10.9. The van der Waals surface area contributed by atoms with Crippen molar-refractivity contribution in [2.75, 3.05) is 0 Å². The highest BCUT2D eigenvalue weighted by Crippen LogP contribution is 2.52. The van der Waals surface area contributed by atoms with Crippen LogP contribution in [0.5, 0.6) is 0 Å². The fourth-order valence-corrected chi connectivity index (χ4v) is 6.92. The third kappa shape index (κ3) is 5.50. The molecule has 0 aliphatic rings. The van der Waals surface area contributed by atoms with Crippen LogP contribution in [0.4, 0.5) is 0 Å². The Hall–Kier alpha value is -6.68. The van der Waals surface area contributed by atoms with Crippen LogP contribution < -0.4 is 0 Å². The second-order valence-corrected chi connectivity index (χ2v) is 11.9. The third-order valence-corrected chi connectivity index (χ3v) is 9.15. The van der Waals surface area contributed by atoms with Crippen molar-refractivity contribution in [3.05, 3.63) is 193 Å². The van der Waals surface area contributed by atoms with E-state index in [1.54, 1.807) is 0 Å². The molecule has 0 aliphatic heterocycles. The highest BCUT2D eigenvalue weighted by molar-refractivity contribution is 7.20. The van der Waals surface area contributed by atoms with Crippen molar-refractivity contribution in [1.29, 1.82) is 0 Å². The smallest absolute Gasteiger partial charge is 0.0972 e. The molecule has 0 spiro atoms. The van der Waals surface area contributed by atoms with E-state index in [4.69, 9.17) is 26.0 Å². The Kier molecular flexibility index (Phi) is 3.09. The predicted molar refractivity (Wildman–Crippen MR) is 225 cm³/mol. The molecule has 3 heterocycles. The lowest BCUT2D eigenvalue weighted by molar-refractivity contribution is 1.37. The average molecular weight is 725 g/mol. The number of hydrogen-bond donors (Lipinski definition) is 0. The van der Waals surface area contributed by atoms with Crippen molar-refractivity contribution in [2.45, 2.75) is 0 Å². The molecule has 0 aliphatic carbocycles. The SMILES string of the molecule is [2H]c1nc2c(c([2H])c1[2H])c([2H])c([2H])c1c([2H])c([2H])c(-c3c([2H])c([2H])c(-c4c([2H])c([2H])c([2H])c(-c5c(-c6c([2H])c([2H])c([2H])c([2H])c6[2H])sc(-c6c([2H])c([2H])c([2H])c([2H])c6[2H])c5-c5c([2H])c([2H])c([2H])c([2H])c5[2H])c4[2H])c4c([2H])c([2H])c([2H])c([2H])c34)nc12. The fraction of sp³-hybridized carbons (Fsp3) is 0. The van der Waals surface area contributed by atoms with E-state index in [9.17, 15) is 17.8 Å². The molecule has 0 radical (unpaired) electrons. The van der Waals surface area contributed by atoms with Gasteiger partial charge >= 0.3 is 0 Å². The fourth-order valence-electron chi connectivity index (χ4n) is 5.69. The van der Waals surface area contributed by atoms with E-state index in [2.05, 4.69) is 9.97 Å². The number of benzene rings is 7. The van der Waals surface area contributed by atoms with Gasteiger partial charge in [0.25, 0.3) is 0 Å². The van der Waals surface area contributed by atoms with Crippen LogP contribution in [0.3, 0.4) is 0 Å². The number of pyridine rings is 2. The minimum atomic E-state index is -1.22. The summed E-state index contributed by atoms with van der Waals surface area (Å²) in [5.74, 6) is 0. The quantitative estimate of drug-likeness (QED) is 0.160. The van der Waals surface area contributed by atoms with Crippen molar-refractivity contribution < 1.29 is 43.9 Å². The van der Waals surface area contributed by atoms with Crippen LogP contribution in [0, 0.1) is 0 Å². The highest BCUT2D eigenvalue weighted by Gasteiger charge is 2.23. The first-order valence-corrected chi connectivity index (χ1v) is 16.1. The Morgan fingerprint density at radius 1 is 0.396 bits per heavy atom. The highest BCUT2D eigenvalue weighted by atomic mass is 32.1. The summed E-state index contributed by atoms with van der Waals surface area (Å²) >= 11 is 0.260. The van der Waals surface area contributed by atoms with Gasteiger partial charge in [0.2, 0.25) is 0 Å². The van der Waals surface area contributed by atoms with Crippen LogP contribution in [0.15, 0.2) is 193 Å². The summed E-state index contributed by atoms with van der Waals surface area (Å²) in [4.78, 5) is 7.14. The van der Waals surface area contributed by atoms with Gasteiger partial charge in [-0.3, -0.25) is 4.98 Å². The molecule has 0 saturated carbocycles. The minimum Gasteiger partial charge on any atom is -0.254 e. The van der Waals surface area contributed by atoms with Crippen LogP contribution in [-0.4, -0.2) is 9.97 Å². The molecule has 53 heavy (non-hydrogen) atoms. The van der Waals surface area contributed by atoms with Gasteiger partial charge in [-0.25, -0.2) is 4.98 Å². The van der Waals surface area contributed by atoms with Crippen LogP contribution >= 0.6 is 11.3 Å². The minimum absolute atomic E-state index is 0.260. The van der Waals surface area contributed by atoms with Gasteiger partial charge in [-0.05, 0) is 62.3 Å². The molecule has 0 N–H and O–H groups in total. The van der Waals surface area contributed by atoms with Gasteiger partial charge in [0.05, 0.1) is 60.6 Å². The average Bonchev–Trinajstić information content (AvgIpc) is 1.75.